The summed E-state index contributed by atoms with van der Waals surface area (Å²) < 4.78 is 3.53. The predicted molar refractivity (Wildman–Crippen MR) is 135 cm³/mol. The second kappa shape index (κ2) is 9.64. The van der Waals surface area contributed by atoms with Crippen LogP contribution in [0.2, 0.25) is 5.02 Å². The molecule has 3 aliphatic rings. The van der Waals surface area contributed by atoms with Crippen LogP contribution in [-0.4, -0.2) is 31.0 Å². The highest BCUT2D eigenvalue weighted by Crippen LogP contribution is 2.31. The van der Waals surface area contributed by atoms with E-state index in [4.69, 9.17) is 16.6 Å². The van der Waals surface area contributed by atoms with Crippen molar-refractivity contribution in [2.24, 2.45) is 0 Å². The van der Waals surface area contributed by atoms with Crippen LogP contribution in [0.1, 0.15) is 30.5 Å². The van der Waals surface area contributed by atoms with Gasteiger partial charge in [-0.2, -0.15) is 4.68 Å². The summed E-state index contributed by atoms with van der Waals surface area (Å²) in [4.78, 5) is 30.8. The molecule has 3 heterocycles. The summed E-state index contributed by atoms with van der Waals surface area (Å²) in [7, 11) is 0. The Morgan fingerprint density at radius 1 is 1.12 bits per heavy atom. The van der Waals surface area contributed by atoms with Crippen LogP contribution in [0.4, 0.5) is 5.69 Å². The zero-order chi connectivity index (χ0) is 23.7. The fourth-order valence-corrected chi connectivity index (χ4v) is 5.28. The molecule has 0 bridgehead atoms. The lowest BCUT2D eigenvalue weighted by Crippen LogP contribution is -2.20. The number of benzene rings is 2. The molecular formula is C25H24ClN5O2S. The lowest BCUT2D eigenvalue weighted by molar-refractivity contribution is -0.113. The maximum absolute atomic E-state index is 13.3. The van der Waals surface area contributed by atoms with E-state index in [1.54, 1.807) is 6.07 Å². The third-order valence-electron chi connectivity index (χ3n) is 6.04. The normalized spacial score (nSPS) is 13.5. The smallest absolute Gasteiger partial charge is 0.284 e. The maximum atomic E-state index is 13.3. The average Bonchev–Trinajstić information content (AvgIpc) is 3.00. The number of fused-ring (bicyclic) bond motifs is 3. The first-order chi connectivity index (χ1) is 16.5. The van der Waals surface area contributed by atoms with Crippen molar-refractivity contribution in [2.75, 3.05) is 11.1 Å². The molecule has 0 spiro atoms. The molecule has 34 heavy (non-hydrogen) atoms. The topological polar surface area (TPSA) is 81.8 Å². The molecule has 0 aromatic heterocycles. The molecule has 7 nitrogen and oxygen atoms in total. The third-order valence-corrected chi connectivity index (χ3v) is 7.43. The fourth-order valence-electron chi connectivity index (χ4n) is 4.27. The molecule has 1 amide bonds. The monoisotopic (exact) mass is 493 g/mol. The van der Waals surface area contributed by atoms with Gasteiger partial charge in [-0.3, -0.25) is 9.59 Å². The van der Waals surface area contributed by atoms with Crippen molar-refractivity contribution < 1.29 is 4.79 Å². The van der Waals surface area contributed by atoms with Gasteiger partial charge in [-0.15, -0.1) is 5.10 Å². The highest BCUT2D eigenvalue weighted by Gasteiger charge is 2.27. The van der Waals surface area contributed by atoms with Gasteiger partial charge in [-0.05, 0) is 56.0 Å². The predicted octanol–water partition coefficient (Wildman–Crippen LogP) is 4.95. The summed E-state index contributed by atoms with van der Waals surface area (Å²) in [6.45, 7) is 2.64. The van der Waals surface area contributed by atoms with Gasteiger partial charge in [0.2, 0.25) is 5.91 Å². The van der Waals surface area contributed by atoms with Crippen molar-refractivity contribution in [3.8, 4) is 17.1 Å². The van der Waals surface area contributed by atoms with Crippen LogP contribution >= 0.6 is 23.4 Å². The molecule has 1 N–H and O–H groups in total. The fraction of sp³-hybridized carbons (Fsp3) is 0.280. The van der Waals surface area contributed by atoms with E-state index in [9.17, 15) is 9.59 Å². The van der Waals surface area contributed by atoms with E-state index in [1.807, 2.05) is 49.4 Å². The summed E-state index contributed by atoms with van der Waals surface area (Å²) in [6.07, 6.45) is 3.89. The van der Waals surface area contributed by atoms with E-state index in [-0.39, 0.29) is 17.2 Å². The Balaban J connectivity index is 1.48. The summed E-state index contributed by atoms with van der Waals surface area (Å²) in [5.41, 5.74) is 3.64. The molecule has 0 saturated heterocycles. The molecule has 0 saturated carbocycles. The molecule has 0 atom stereocenters. The first-order valence-electron chi connectivity index (χ1n) is 11.3. The second-order valence-electron chi connectivity index (χ2n) is 8.30. The minimum atomic E-state index is -0.148. The number of aromatic nitrogens is 4. The highest BCUT2D eigenvalue weighted by atomic mass is 35.5. The van der Waals surface area contributed by atoms with Gasteiger partial charge in [0.15, 0.2) is 11.0 Å². The van der Waals surface area contributed by atoms with Crippen molar-refractivity contribution in [3.63, 3.8) is 0 Å². The molecule has 2 aromatic rings. The molecule has 0 radical (unpaired) electrons. The van der Waals surface area contributed by atoms with E-state index < -0.39 is 0 Å². The number of nitrogens with zero attached hydrogens (tertiary/aromatic N) is 4. The largest absolute Gasteiger partial charge is 0.325 e. The molecule has 0 aliphatic carbocycles. The van der Waals surface area contributed by atoms with Gasteiger partial charge in [0, 0.05) is 22.9 Å². The van der Waals surface area contributed by atoms with Crippen LogP contribution in [0.5, 0.6) is 0 Å². The van der Waals surface area contributed by atoms with E-state index in [0.717, 1.165) is 43.5 Å². The number of hydrogen-bond acceptors (Lipinski definition) is 5. The van der Waals surface area contributed by atoms with Crippen molar-refractivity contribution in [1.29, 1.82) is 0 Å². The Morgan fingerprint density at radius 3 is 2.76 bits per heavy atom. The van der Waals surface area contributed by atoms with E-state index >= 15 is 0 Å². The van der Waals surface area contributed by atoms with Gasteiger partial charge in [0.05, 0.1) is 11.4 Å². The zero-order valence-electron chi connectivity index (χ0n) is 18.8. The number of para-hydroxylation sites is 1. The number of halogens is 1. The third kappa shape index (κ3) is 4.35. The van der Waals surface area contributed by atoms with Crippen LogP contribution in [0.3, 0.4) is 0 Å². The minimum absolute atomic E-state index is 0.139. The zero-order valence-corrected chi connectivity index (χ0v) is 20.3. The summed E-state index contributed by atoms with van der Waals surface area (Å²) in [6, 6.07) is 14.8. The van der Waals surface area contributed by atoms with Crippen LogP contribution in [0.15, 0.2) is 58.5 Å². The molecule has 0 unspecified atom stereocenters. The number of carbonyl (C=O) groups is 1. The lowest BCUT2D eigenvalue weighted by atomic mass is 10.1. The van der Waals surface area contributed by atoms with Crippen molar-refractivity contribution in [1.82, 2.24) is 19.3 Å². The van der Waals surface area contributed by atoms with Crippen LogP contribution in [0.25, 0.3) is 17.1 Å². The van der Waals surface area contributed by atoms with Crippen molar-refractivity contribution in [2.45, 2.75) is 44.3 Å². The Bertz CT molecular complexity index is 1380. The molecule has 3 aliphatic heterocycles. The summed E-state index contributed by atoms with van der Waals surface area (Å²) >= 11 is 7.54. The molecule has 2 aromatic carbocycles. The molecule has 174 valence electrons. The van der Waals surface area contributed by atoms with E-state index in [0.29, 0.717) is 32.9 Å². The molecule has 5 rings (SSSR count). The molecular weight excluding hydrogens is 470 g/mol. The van der Waals surface area contributed by atoms with Gasteiger partial charge in [0.25, 0.3) is 5.56 Å². The van der Waals surface area contributed by atoms with Crippen molar-refractivity contribution >= 4 is 35.0 Å². The van der Waals surface area contributed by atoms with Gasteiger partial charge >= 0.3 is 0 Å². The summed E-state index contributed by atoms with van der Waals surface area (Å²) in [5.74, 6) is 0.475. The first kappa shape index (κ1) is 22.7. The molecule has 9 heteroatoms. The number of amides is 1. The van der Waals surface area contributed by atoms with E-state index in [1.165, 1.54) is 16.4 Å². The number of thioether (sulfide) groups is 1. The van der Waals surface area contributed by atoms with Crippen LogP contribution in [-0.2, 0) is 17.8 Å². The second-order valence-corrected chi connectivity index (χ2v) is 9.65. The van der Waals surface area contributed by atoms with Gasteiger partial charge < -0.3 is 9.88 Å². The summed E-state index contributed by atoms with van der Waals surface area (Å²) in [5, 5.41) is 8.80. The average molecular weight is 494 g/mol. The van der Waals surface area contributed by atoms with Gasteiger partial charge in [-0.25, -0.2) is 4.98 Å². The van der Waals surface area contributed by atoms with Gasteiger partial charge in [-0.1, -0.05) is 54.0 Å². The number of hydrogen-bond donors (Lipinski definition) is 1. The number of nitrogens with one attached hydrogen (secondary N) is 1. The SMILES string of the molecule is Cc1c(Cl)cccc1NC(=O)CSc1nc2nn(-c3ccccc3)c(=O)c-2c2n1CCCCC2. The number of anilines is 1. The highest BCUT2D eigenvalue weighted by molar-refractivity contribution is 7.99. The molecule has 0 fully saturated rings. The Kier molecular flexibility index (Phi) is 6.43. The first-order valence-corrected chi connectivity index (χ1v) is 12.6. The van der Waals surface area contributed by atoms with E-state index in [2.05, 4.69) is 15.0 Å². The quantitative estimate of drug-likeness (QED) is 0.314. The Hall–Kier alpha value is -3.10. The van der Waals surface area contributed by atoms with Gasteiger partial charge in [0.1, 0.15) is 5.56 Å². The van der Waals surface area contributed by atoms with Crippen molar-refractivity contribution in [3.05, 3.63) is 75.2 Å². The lowest BCUT2D eigenvalue weighted by Gasteiger charge is -2.17. The Morgan fingerprint density at radius 2 is 1.94 bits per heavy atom. The minimum Gasteiger partial charge on any atom is -0.325 e. The van der Waals surface area contributed by atoms with Crippen LogP contribution in [0, 0.1) is 6.92 Å². The Labute approximate surface area is 206 Å². The standard InChI is InChI=1S/C25H24ClN5O2S/c1-16-18(26)11-8-12-19(16)27-21(32)15-34-25-28-23-22(20-13-6-3-7-14-30(20)25)24(33)31(29-23)17-9-4-2-5-10-17/h2,4-5,8-12H,3,6-7,13-15H2,1H3,(H,27,32). The maximum Gasteiger partial charge on any atom is 0.284 e. The number of rotatable bonds is 5. The number of carbonyl (C=O) groups excluding carboxylic acids is 1. The van der Waals surface area contributed by atoms with Crippen LogP contribution < -0.4 is 10.9 Å².